The number of nitrogens with one attached hydrogen (secondary N) is 1. The second kappa shape index (κ2) is 9.33. The summed E-state index contributed by atoms with van der Waals surface area (Å²) in [6.45, 7) is 5.19. The predicted molar refractivity (Wildman–Crippen MR) is 135 cm³/mol. The number of para-hydroxylation sites is 3. The van der Waals surface area contributed by atoms with Crippen LogP contribution in [0.1, 0.15) is 22.8 Å². The summed E-state index contributed by atoms with van der Waals surface area (Å²) in [6, 6.07) is 28.4. The van der Waals surface area contributed by atoms with Gasteiger partial charge in [0, 0.05) is 42.9 Å². The van der Waals surface area contributed by atoms with Gasteiger partial charge >= 0.3 is 0 Å². The molecule has 1 N–H and O–H groups in total. The fourth-order valence-corrected chi connectivity index (χ4v) is 4.48. The Morgan fingerprint density at radius 1 is 0.879 bits per heavy atom. The molecule has 0 spiro atoms. The lowest BCUT2D eigenvalue weighted by Crippen LogP contribution is -2.48. The van der Waals surface area contributed by atoms with Gasteiger partial charge in [-0.05, 0) is 42.3 Å². The molecule has 5 rings (SSSR count). The summed E-state index contributed by atoms with van der Waals surface area (Å²) < 4.78 is 0. The Labute approximate surface area is 194 Å². The lowest BCUT2D eigenvalue weighted by atomic mass is 10.1. The predicted octanol–water partition coefficient (Wildman–Crippen LogP) is 5.50. The highest BCUT2D eigenvalue weighted by atomic mass is 16.2. The largest absolute Gasteiger partial charge is 0.368 e. The number of fused-ring (bicyclic) bond motifs is 1. The molecule has 166 valence electrons. The van der Waals surface area contributed by atoms with Crippen LogP contribution in [-0.2, 0) is 6.42 Å². The van der Waals surface area contributed by atoms with Crippen LogP contribution in [0.3, 0.4) is 0 Å². The van der Waals surface area contributed by atoms with Crippen LogP contribution < -0.4 is 10.2 Å². The molecule has 33 heavy (non-hydrogen) atoms. The molecule has 1 amide bonds. The molecule has 0 saturated carbocycles. The first kappa shape index (κ1) is 21.0. The second-order valence-electron chi connectivity index (χ2n) is 8.32. The fourth-order valence-electron chi connectivity index (χ4n) is 4.48. The molecule has 5 nitrogen and oxygen atoms in total. The first-order valence-electron chi connectivity index (χ1n) is 11.6. The Kier molecular flexibility index (Phi) is 5.94. The number of nitrogens with zero attached hydrogens (tertiary/aromatic N) is 3. The van der Waals surface area contributed by atoms with Crippen molar-refractivity contribution in [1.29, 1.82) is 0 Å². The average Bonchev–Trinajstić information content (AvgIpc) is 2.89. The molecule has 2 heterocycles. The van der Waals surface area contributed by atoms with Gasteiger partial charge in [0.25, 0.3) is 5.91 Å². The highest BCUT2D eigenvalue weighted by Gasteiger charge is 2.24. The minimum absolute atomic E-state index is 0.0631. The van der Waals surface area contributed by atoms with Gasteiger partial charge in [0.15, 0.2) is 0 Å². The van der Waals surface area contributed by atoms with Gasteiger partial charge in [-0.25, -0.2) is 4.98 Å². The number of hydrogen-bond acceptors (Lipinski definition) is 4. The van der Waals surface area contributed by atoms with Gasteiger partial charge in [-0.2, -0.15) is 0 Å². The smallest absolute Gasteiger partial charge is 0.254 e. The molecule has 0 radical (unpaired) electrons. The van der Waals surface area contributed by atoms with Crippen LogP contribution in [0.15, 0.2) is 84.9 Å². The van der Waals surface area contributed by atoms with Crippen molar-refractivity contribution in [2.45, 2.75) is 13.3 Å². The lowest BCUT2D eigenvalue weighted by molar-refractivity contribution is 0.0748. The summed E-state index contributed by atoms with van der Waals surface area (Å²) in [5, 5.41) is 4.34. The highest BCUT2D eigenvalue weighted by Crippen LogP contribution is 2.27. The first-order chi connectivity index (χ1) is 16.2. The van der Waals surface area contributed by atoms with Gasteiger partial charge in [-0.15, -0.1) is 0 Å². The van der Waals surface area contributed by atoms with Crippen molar-refractivity contribution in [1.82, 2.24) is 9.88 Å². The van der Waals surface area contributed by atoms with E-state index in [0.29, 0.717) is 24.5 Å². The van der Waals surface area contributed by atoms with Gasteiger partial charge in [0.2, 0.25) is 0 Å². The van der Waals surface area contributed by atoms with Crippen molar-refractivity contribution < 1.29 is 4.79 Å². The summed E-state index contributed by atoms with van der Waals surface area (Å²) in [5.41, 5.74) is 4.98. The van der Waals surface area contributed by atoms with Crippen molar-refractivity contribution in [3.8, 4) is 0 Å². The number of amides is 1. The molecule has 0 unspecified atom stereocenters. The molecule has 0 bridgehead atoms. The zero-order valence-corrected chi connectivity index (χ0v) is 18.9. The maximum Gasteiger partial charge on any atom is 0.254 e. The quantitative estimate of drug-likeness (QED) is 0.449. The standard InChI is InChI=1S/C28H28N4O/c1-2-21-10-6-8-14-25(21)29-27-20-24(23-13-7-9-15-26(23)30-27)28(33)32-18-16-31(17-19-32)22-11-4-3-5-12-22/h3-15,20H,2,16-19H2,1H3,(H,29,30). The van der Waals surface area contributed by atoms with E-state index in [9.17, 15) is 4.79 Å². The summed E-state index contributed by atoms with van der Waals surface area (Å²) in [4.78, 5) is 22.7. The van der Waals surface area contributed by atoms with Crippen molar-refractivity contribution in [3.05, 3.63) is 96.1 Å². The van der Waals surface area contributed by atoms with Crippen LogP contribution in [0, 0.1) is 0 Å². The highest BCUT2D eigenvalue weighted by molar-refractivity contribution is 6.07. The molecule has 4 aromatic rings. The Morgan fingerprint density at radius 2 is 1.58 bits per heavy atom. The van der Waals surface area contributed by atoms with Gasteiger partial charge in [-0.3, -0.25) is 4.79 Å². The maximum atomic E-state index is 13.6. The van der Waals surface area contributed by atoms with Crippen LogP contribution in [0.5, 0.6) is 0 Å². The Hall–Kier alpha value is -3.86. The van der Waals surface area contributed by atoms with E-state index in [-0.39, 0.29) is 5.91 Å². The number of carbonyl (C=O) groups is 1. The van der Waals surface area contributed by atoms with Crippen molar-refractivity contribution in [2.24, 2.45) is 0 Å². The first-order valence-corrected chi connectivity index (χ1v) is 11.6. The Balaban J connectivity index is 1.42. The van der Waals surface area contributed by atoms with Gasteiger partial charge in [0.05, 0.1) is 11.1 Å². The second-order valence-corrected chi connectivity index (χ2v) is 8.32. The van der Waals surface area contributed by atoms with Crippen LogP contribution in [0.2, 0.25) is 0 Å². The number of aryl methyl sites for hydroxylation is 1. The summed E-state index contributed by atoms with van der Waals surface area (Å²) in [7, 11) is 0. The topological polar surface area (TPSA) is 48.5 Å². The fraction of sp³-hybridized carbons (Fsp3) is 0.214. The van der Waals surface area contributed by atoms with Gasteiger partial charge < -0.3 is 15.1 Å². The van der Waals surface area contributed by atoms with E-state index < -0.39 is 0 Å². The third-order valence-corrected chi connectivity index (χ3v) is 6.30. The Bertz CT molecular complexity index is 1260. The molecule has 1 aliphatic rings. The molecular formula is C28H28N4O. The molecule has 1 aromatic heterocycles. The van der Waals surface area contributed by atoms with Crippen molar-refractivity contribution >= 4 is 34.0 Å². The van der Waals surface area contributed by atoms with E-state index in [1.165, 1.54) is 11.3 Å². The van der Waals surface area contributed by atoms with Gasteiger partial charge in [-0.1, -0.05) is 61.5 Å². The number of carbonyl (C=O) groups excluding carboxylic acids is 1. The van der Waals surface area contributed by atoms with Crippen LogP contribution in [-0.4, -0.2) is 42.0 Å². The van der Waals surface area contributed by atoms with Gasteiger partial charge in [0.1, 0.15) is 5.82 Å². The molecule has 1 aliphatic heterocycles. The molecule has 1 fully saturated rings. The minimum Gasteiger partial charge on any atom is -0.368 e. The van der Waals surface area contributed by atoms with Crippen molar-refractivity contribution in [2.75, 3.05) is 36.4 Å². The van der Waals surface area contributed by atoms with E-state index in [1.54, 1.807) is 0 Å². The average molecular weight is 437 g/mol. The number of piperazine rings is 1. The molecule has 0 atom stereocenters. The monoisotopic (exact) mass is 436 g/mol. The summed E-state index contributed by atoms with van der Waals surface area (Å²) in [6.07, 6.45) is 0.925. The third kappa shape index (κ3) is 4.40. The SMILES string of the molecule is CCc1ccccc1Nc1cc(C(=O)N2CCN(c3ccccc3)CC2)c2ccccc2n1. The number of anilines is 3. The number of benzene rings is 3. The van der Waals surface area contributed by atoms with E-state index in [4.69, 9.17) is 4.98 Å². The van der Waals surface area contributed by atoms with E-state index >= 15 is 0 Å². The molecule has 5 heteroatoms. The molecule has 0 aliphatic carbocycles. The molecular weight excluding hydrogens is 408 g/mol. The maximum absolute atomic E-state index is 13.6. The minimum atomic E-state index is 0.0631. The van der Waals surface area contributed by atoms with Crippen LogP contribution in [0.25, 0.3) is 10.9 Å². The summed E-state index contributed by atoms with van der Waals surface area (Å²) in [5.74, 6) is 0.758. The zero-order valence-electron chi connectivity index (χ0n) is 18.9. The molecule has 1 saturated heterocycles. The zero-order chi connectivity index (χ0) is 22.6. The molecule has 3 aromatic carbocycles. The normalized spacial score (nSPS) is 13.8. The third-order valence-electron chi connectivity index (χ3n) is 6.30. The number of rotatable bonds is 5. The lowest BCUT2D eigenvalue weighted by Gasteiger charge is -2.36. The van der Waals surface area contributed by atoms with Crippen LogP contribution in [0.4, 0.5) is 17.2 Å². The van der Waals surface area contributed by atoms with E-state index in [1.807, 2.05) is 53.4 Å². The Morgan fingerprint density at radius 3 is 2.36 bits per heavy atom. The van der Waals surface area contributed by atoms with Crippen LogP contribution >= 0.6 is 0 Å². The van der Waals surface area contributed by atoms with Crippen molar-refractivity contribution in [3.63, 3.8) is 0 Å². The van der Waals surface area contributed by atoms with E-state index in [0.717, 1.165) is 36.1 Å². The summed E-state index contributed by atoms with van der Waals surface area (Å²) >= 11 is 0. The number of pyridine rings is 1. The number of hydrogen-bond donors (Lipinski definition) is 1. The van der Waals surface area contributed by atoms with E-state index in [2.05, 4.69) is 53.5 Å². The number of aromatic nitrogens is 1.